The van der Waals surface area contributed by atoms with Crippen molar-refractivity contribution in [1.29, 1.82) is 0 Å². The maximum absolute atomic E-state index is 12.9. The van der Waals surface area contributed by atoms with Crippen LogP contribution in [0.4, 0.5) is 0 Å². The smallest absolute Gasteiger partial charge is 0.143 e. The van der Waals surface area contributed by atoms with Crippen molar-refractivity contribution in [3.63, 3.8) is 0 Å². The number of ketones is 1. The van der Waals surface area contributed by atoms with Gasteiger partial charge in [0.05, 0.1) is 12.2 Å². The maximum atomic E-state index is 12.9. The first-order valence-corrected chi connectivity index (χ1v) is 7.24. The molecule has 1 spiro atoms. The first-order chi connectivity index (χ1) is 8.98. The van der Waals surface area contributed by atoms with Crippen LogP contribution in [0.3, 0.4) is 0 Å². The topological polar surface area (TPSA) is 57.5 Å². The van der Waals surface area contributed by atoms with Crippen LogP contribution in [-0.2, 0) is 4.79 Å². The molecule has 19 heavy (non-hydrogen) atoms. The average molecular weight is 262 g/mol. The Morgan fingerprint density at radius 1 is 1.32 bits per heavy atom. The standard InChI is InChI=1S/C16H22O3/c1-9-4-3-5-11-14(18)10(2)8-12-13(17)6-7-16(11,12)15(9)19/h3,5,8-9,11-14,17-18H,4,6-7H2,1-2H3/t9-,11-,12?,13?,14+,16-/m1/s1. The van der Waals surface area contributed by atoms with Crippen molar-refractivity contribution >= 4 is 5.78 Å². The third-order valence-electron chi connectivity index (χ3n) is 5.45. The van der Waals surface area contributed by atoms with Crippen LogP contribution < -0.4 is 0 Å². The minimum atomic E-state index is -0.591. The van der Waals surface area contributed by atoms with Gasteiger partial charge in [-0.25, -0.2) is 0 Å². The average Bonchev–Trinajstić information content (AvgIpc) is 2.64. The Hall–Kier alpha value is -0.930. The monoisotopic (exact) mass is 262 g/mol. The van der Waals surface area contributed by atoms with Gasteiger partial charge in [0, 0.05) is 23.2 Å². The lowest BCUT2D eigenvalue weighted by molar-refractivity contribution is -0.140. The highest BCUT2D eigenvalue weighted by Crippen LogP contribution is 2.57. The van der Waals surface area contributed by atoms with E-state index in [9.17, 15) is 15.0 Å². The van der Waals surface area contributed by atoms with Crippen LogP contribution in [0.1, 0.15) is 33.1 Å². The Labute approximate surface area is 114 Å². The molecule has 0 aromatic rings. The van der Waals surface area contributed by atoms with Crippen LogP contribution in [0.25, 0.3) is 0 Å². The summed E-state index contributed by atoms with van der Waals surface area (Å²) in [6, 6.07) is 0. The molecule has 0 heterocycles. The second kappa shape index (κ2) is 4.29. The number of allylic oxidation sites excluding steroid dienone is 1. The summed E-state index contributed by atoms with van der Waals surface area (Å²) in [7, 11) is 0. The molecule has 0 radical (unpaired) electrons. The molecule has 1 fully saturated rings. The van der Waals surface area contributed by atoms with E-state index in [4.69, 9.17) is 0 Å². The zero-order valence-corrected chi connectivity index (χ0v) is 11.5. The lowest BCUT2D eigenvalue weighted by Gasteiger charge is -2.45. The van der Waals surface area contributed by atoms with E-state index in [0.29, 0.717) is 12.8 Å². The van der Waals surface area contributed by atoms with Gasteiger partial charge in [0.1, 0.15) is 5.78 Å². The van der Waals surface area contributed by atoms with E-state index in [2.05, 4.69) is 0 Å². The van der Waals surface area contributed by atoms with Crippen molar-refractivity contribution in [2.45, 2.75) is 45.3 Å². The molecule has 0 saturated heterocycles. The SMILES string of the molecule is CC1=CC2C(O)CC[C@]23C(=O)[C@H](C)CC=C[C@@H]3[C@H]1O. The highest BCUT2D eigenvalue weighted by Gasteiger charge is 2.60. The summed E-state index contributed by atoms with van der Waals surface area (Å²) < 4.78 is 0. The zero-order valence-electron chi connectivity index (χ0n) is 11.5. The van der Waals surface area contributed by atoms with Crippen LogP contribution >= 0.6 is 0 Å². The Morgan fingerprint density at radius 3 is 2.79 bits per heavy atom. The molecule has 2 N–H and O–H groups in total. The van der Waals surface area contributed by atoms with Crippen LogP contribution in [0.15, 0.2) is 23.8 Å². The summed E-state index contributed by atoms with van der Waals surface area (Å²) >= 11 is 0. The number of aliphatic hydroxyl groups is 2. The maximum Gasteiger partial charge on any atom is 0.143 e. The van der Waals surface area contributed by atoms with E-state index in [-0.39, 0.29) is 23.5 Å². The molecule has 0 aromatic heterocycles. The number of hydrogen-bond acceptors (Lipinski definition) is 3. The first kappa shape index (κ1) is 13.1. The minimum absolute atomic E-state index is 0.0203. The predicted molar refractivity (Wildman–Crippen MR) is 72.3 cm³/mol. The quantitative estimate of drug-likeness (QED) is 0.655. The summed E-state index contributed by atoms with van der Waals surface area (Å²) in [4.78, 5) is 12.9. The van der Waals surface area contributed by atoms with Gasteiger partial charge in [0.25, 0.3) is 0 Å². The lowest BCUT2D eigenvalue weighted by Crippen LogP contribution is -2.51. The number of rotatable bonds is 0. The molecule has 3 aliphatic carbocycles. The molecule has 3 aliphatic rings. The molecule has 2 unspecified atom stereocenters. The van der Waals surface area contributed by atoms with Crippen molar-refractivity contribution in [2.24, 2.45) is 23.2 Å². The Balaban J connectivity index is 2.17. The van der Waals surface area contributed by atoms with Crippen LogP contribution in [0.2, 0.25) is 0 Å². The van der Waals surface area contributed by atoms with Crippen LogP contribution in [-0.4, -0.2) is 28.2 Å². The van der Waals surface area contributed by atoms with Crippen LogP contribution in [0, 0.1) is 23.2 Å². The van der Waals surface area contributed by atoms with E-state index in [1.807, 2.05) is 32.1 Å². The van der Waals surface area contributed by atoms with Gasteiger partial charge in [-0.1, -0.05) is 25.2 Å². The summed E-state index contributed by atoms with van der Waals surface area (Å²) in [5, 5.41) is 20.7. The molecule has 0 bridgehead atoms. The second-order valence-corrected chi connectivity index (χ2v) is 6.48. The first-order valence-electron chi connectivity index (χ1n) is 7.24. The van der Waals surface area contributed by atoms with Gasteiger partial charge in [-0.15, -0.1) is 0 Å². The van der Waals surface area contributed by atoms with Gasteiger partial charge in [-0.05, 0) is 31.8 Å². The fourth-order valence-corrected chi connectivity index (χ4v) is 4.40. The van der Waals surface area contributed by atoms with Gasteiger partial charge in [-0.3, -0.25) is 4.79 Å². The van der Waals surface area contributed by atoms with Gasteiger partial charge < -0.3 is 10.2 Å². The molecule has 0 aliphatic heterocycles. The third-order valence-corrected chi connectivity index (χ3v) is 5.45. The summed E-state index contributed by atoms with van der Waals surface area (Å²) in [5.74, 6) is -0.0874. The number of carbonyl (C=O) groups is 1. The van der Waals surface area contributed by atoms with E-state index in [0.717, 1.165) is 12.0 Å². The van der Waals surface area contributed by atoms with E-state index in [1.165, 1.54) is 0 Å². The molecule has 3 nitrogen and oxygen atoms in total. The number of hydrogen-bond donors (Lipinski definition) is 2. The van der Waals surface area contributed by atoms with Gasteiger partial charge in [-0.2, -0.15) is 0 Å². The molecule has 6 atom stereocenters. The fourth-order valence-electron chi connectivity index (χ4n) is 4.40. The molecule has 1 saturated carbocycles. The van der Waals surface area contributed by atoms with Crippen LogP contribution in [0.5, 0.6) is 0 Å². The fraction of sp³-hybridized carbons (Fsp3) is 0.688. The highest BCUT2D eigenvalue weighted by atomic mass is 16.3. The van der Waals surface area contributed by atoms with Crippen molar-refractivity contribution in [3.8, 4) is 0 Å². The molecule has 0 amide bonds. The Morgan fingerprint density at radius 2 is 2.05 bits per heavy atom. The molecule has 3 heteroatoms. The zero-order chi connectivity index (χ0) is 13.8. The predicted octanol–water partition coefficient (Wildman–Crippen LogP) is 1.85. The summed E-state index contributed by atoms with van der Waals surface area (Å²) in [6.45, 7) is 3.86. The van der Waals surface area contributed by atoms with E-state index >= 15 is 0 Å². The lowest BCUT2D eigenvalue weighted by atomic mass is 9.58. The minimum Gasteiger partial charge on any atom is -0.392 e. The van der Waals surface area contributed by atoms with E-state index in [1.54, 1.807) is 0 Å². The van der Waals surface area contributed by atoms with Crippen molar-refractivity contribution in [3.05, 3.63) is 23.8 Å². The summed E-state index contributed by atoms with van der Waals surface area (Å²) in [5.41, 5.74) is 0.309. The number of aliphatic hydroxyl groups excluding tert-OH is 2. The van der Waals surface area contributed by atoms with Crippen molar-refractivity contribution in [1.82, 2.24) is 0 Å². The highest BCUT2D eigenvalue weighted by molar-refractivity contribution is 5.89. The van der Waals surface area contributed by atoms with Gasteiger partial charge >= 0.3 is 0 Å². The number of Topliss-reactive ketones (excluding diaryl/α,β-unsaturated/α-hetero) is 1. The Bertz CT molecular complexity index is 465. The molecular weight excluding hydrogens is 240 g/mol. The van der Waals surface area contributed by atoms with Crippen molar-refractivity contribution < 1.29 is 15.0 Å². The van der Waals surface area contributed by atoms with E-state index < -0.39 is 17.6 Å². The molecule has 104 valence electrons. The second-order valence-electron chi connectivity index (χ2n) is 6.48. The molecule has 3 rings (SSSR count). The largest absolute Gasteiger partial charge is 0.392 e. The summed E-state index contributed by atoms with van der Waals surface area (Å²) in [6.07, 6.45) is 7.05. The normalized spacial score (nSPS) is 49.4. The van der Waals surface area contributed by atoms with Gasteiger partial charge in [0.2, 0.25) is 0 Å². The number of carbonyl (C=O) groups excluding carboxylic acids is 1. The van der Waals surface area contributed by atoms with Crippen molar-refractivity contribution in [2.75, 3.05) is 0 Å². The Kier molecular flexibility index (Phi) is 2.95. The molecule has 0 aromatic carbocycles. The third kappa shape index (κ3) is 1.61. The van der Waals surface area contributed by atoms with Gasteiger partial charge in [0.15, 0.2) is 0 Å². The molecular formula is C16H22O3.